The van der Waals surface area contributed by atoms with Crippen LogP contribution < -0.4 is 15.4 Å². The van der Waals surface area contributed by atoms with Gasteiger partial charge >= 0.3 is 0 Å². The number of hydrogen-bond acceptors (Lipinski definition) is 5. The minimum atomic E-state index is -3.10. The van der Waals surface area contributed by atoms with Gasteiger partial charge in [-0.3, -0.25) is 4.79 Å². The Bertz CT molecular complexity index is 821. The summed E-state index contributed by atoms with van der Waals surface area (Å²) in [4.78, 5) is 17.7. The lowest BCUT2D eigenvalue weighted by Gasteiger charge is -2.39. The highest BCUT2D eigenvalue weighted by Crippen LogP contribution is 2.23. The first kappa shape index (κ1) is 22.0. The molecule has 0 bridgehead atoms. The number of nitrogens with zero attached hydrogens (tertiary/aromatic N) is 2. The van der Waals surface area contributed by atoms with Gasteiger partial charge < -0.3 is 20.3 Å². The molecular weight excluding hydrogens is 380 g/mol. The van der Waals surface area contributed by atoms with Crippen molar-refractivity contribution in [1.82, 2.24) is 10.2 Å². The number of aliphatic imine (C=N–C) groups is 1. The molecule has 0 aromatic heterocycles. The third kappa shape index (κ3) is 5.85. The molecule has 28 heavy (non-hydrogen) atoms. The van der Waals surface area contributed by atoms with Crippen molar-refractivity contribution in [3.8, 4) is 5.75 Å². The number of nitrogens with one attached hydrogen (secondary N) is 2. The van der Waals surface area contributed by atoms with Gasteiger partial charge in [-0.05, 0) is 32.9 Å². The summed E-state index contributed by atoms with van der Waals surface area (Å²) in [5.74, 6) is 1.33. The van der Waals surface area contributed by atoms with Gasteiger partial charge in [0.05, 0.1) is 17.0 Å². The molecule has 1 heterocycles. The monoisotopic (exact) mass is 410 g/mol. The van der Waals surface area contributed by atoms with E-state index in [9.17, 15) is 13.2 Å². The molecule has 0 atom stereocenters. The third-order valence-electron chi connectivity index (χ3n) is 4.45. The van der Waals surface area contributed by atoms with Gasteiger partial charge in [0.25, 0.3) is 0 Å². The summed E-state index contributed by atoms with van der Waals surface area (Å²) in [5.41, 5.74) is 0.679. The first-order valence-corrected chi connectivity index (χ1v) is 11.1. The van der Waals surface area contributed by atoms with Crippen LogP contribution in [-0.2, 0) is 14.6 Å². The maximum absolute atomic E-state index is 12.2. The maximum Gasteiger partial charge on any atom is 0.221 e. The van der Waals surface area contributed by atoms with Gasteiger partial charge in [-0.25, -0.2) is 13.4 Å². The number of sulfone groups is 1. The van der Waals surface area contributed by atoms with Gasteiger partial charge in [0, 0.05) is 38.3 Å². The fraction of sp³-hybridized carbons (Fsp3) is 0.579. The van der Waals surface area contributed by atoms with E-state index < -0.39 is 14.6 Å². The highest BCUT2D eigenvalue weighted by atomic mass is 32.2. The van der Waals surface area contributed by atoms with Crippen molar-refractivity contribution in [3.63, 3.8) is 0 Å². The molecule has 9 heteroatoms. The highest BCUT2D eigenvalue weighted by molar-refractivity contribution is 7.92. The number of ether oxygens (including phenoxy) is 1. The average Bonchev–Trinajstić information content (AvgIpc) is 2.60. The SMILES string of the molecule is CCNC(=NCCOc1cccc(NC(C)=O)c1)N1CCS(=O)(=O)C(C)(C)C1. The number of rotatable bonds is 6. The van der Waals surface area contributed by atoms with Crippen LogP contribution in [0.5, 0.6) is 5.75 Å². The van der Waals surface area contributed by atoms with Crippen LogP contribution in [0.25, 0.3) is 0 Å². The van der Waals surface area contributed by atoms with E-state index in [0.29, 0.717) is 50.2 Å². The second kappa shape index (κ2) is 9.27. The molecule has 0 aliphatic carbocycles. The quantitative estimate of drug-likeness (QED) is 0.419. The van der Waals surface area contributed by atoms with Gasteiger partial charge in [-0.15, -0.1) is 0 Å². The molecule has 1 aromatic rings. The number of guanidine groups is 1. The molecule has 1 aromatic carbocycles. The van der Waals surface area contributed by atoms with Crippen molar-refractivity contribution >= 4 is 27.4 Å². The van der Waals surface area contributed by atoms with Crippen LogP contribution in [-0.4, -0.2) is 68.5 Å². The summed E-state index contributed by atoms with van der Waals surface area (Å²) in [6.45, 7) is 9.26. The maximum atomic E-state index is 12.2. The zero-order chi connectivity index (χ0) is 20.8. The standard InChI is InChI=1S/C19H30N4O4S/c1-5-20-18(23-10-12-28(25,26)19(3,4)14-23)21-9-11-27-17-8-6-7-16(13-17)22-15(2)24/h6-8,13H,5,9-12,14H2,1-4H3,(H,20,21)(H,22,24). The molecule has 0 spiro atoms. The van der Waals surface area contributed by atoms with Gasteiger partial charge in [-0.1, -0.05) is 6.07 Å². The van der Waals surface area contributed by atoms with Crippen molar-refractivity contribution in [3.05, 3.63) is 24.3 Å². The van der Waals surface area contributed by atoms with E-state index in [1.807, 2.05) is 24.0 Å². The Morgan fingerprint density at radius 1 is 1.36 bits per heavy atom. The molecule has 8 nitrogen and oxygen atoms in total. The van der Waals surface area contributed by atoms with Gasteiger partial charge in [0.2, 0.25) is 5.91 Å². The van der Waals surface area contributed by atoms with Crippen molar-refractivity contribution in [2.45, 2.75) is 32.4 Å². The van der Waals surface area contributed by atoms with E-state index in [4.69, 9.17) is 4.74 Å². The van der Waals surface area contributed by atoms with E-state index in [2.05, 4.69) is 15.6 Å². The van der Waals surface area contributed by atoms with Crippen molar-refractivity contribution < 1.29 is 17.9 Å². The van der Waals surface area contributed by atoms with Crippen molar-refractivity contribution in [2.24, 2.45) is 4.99 Å². The molecule has 1 amide bonds. The first-order valence-electron chi connectivity index (χ1n) is 9.40. The van der Waals surface area contributed by atoms with Crippen LogP contribution in [0.4, 0.5) is 5.69 Å². The summed E-state index contributed by atoms with van der Waals surface area (Å²) in [5, 5.41) is 5.94. The molecule has 1 aliphatic heterocycles. The normalized spacial score (nSPS) is 18.4. The Kier molecular flexibility index (Phi) is 7.29. The lowest BCUT2D eigenvalue weighted by atomic mass is 10.2. The Morgan fingerprint density at radius 2 is 2.11 bits per heavy atom. The lowest BCUT2D eigenvalue weighted by Crippen LogP contribution is -2.57. The number of benzene rings is 1. The number of amides is 1. The minimum Gasteiger partial charge on any atom is -0.492 e. The largest absolute Gasteiger partial charge is 0.492 e. The fourth-order valence-corrected chi connectivity index (χ4v) is 4.30. The number of carbonyl (C=O) groups is 1. The van der Waals surface area contributed by atoms with Gasteiger partial charge in [0.1, 0.15) is 12.4 Å². The second-order valence-electron chi connectivity index (χ2n) is 7.29. The fourth-order valence-electron chi connectivity index (χ4n) is 2.93. The summed E-state index contributed by atoms with van der Waals surface area (Å²) in [7, 11) is -3.10. The van der Waals surface area contributed by atoms with E-state index in [1.54, 1.807) is 26.0 Å². The molecule has 0 saturated carbocycles. The van der Waals surface area contributed by atoms with E-state index in [-0.39, 0.29) is 11.7 Å². The zero-order valence-electron chi connectivity index (χ0n) is 17.0. The Hall–Kier alpha value is -2.29. The first-order chi connectivity index (χ1) is 13.1. The molecule has 0 radical (unpaired) electrons. The van der Waals surface area contributed by atoms with E-state index in [0.717, 1.165) is 0 Å². The van der Waals surface area contributed by atoms with Crippen LogP contribution in [0.3, 0.4) is 0 Å². The summed E-state index contributed by atoms with van der Waals surface area (Å²) < 4.78 is 29.3. The Morgan fingerprint density at radius 3 is 2.75 bits per heavy atom. The molecule has 2 N–H and O–H groups in total. The molecule has 1 saturated heterocycles. The van der Waals surface area contributed by atoms with Crippen LogP contribution >= 0.6 is 0 Å². The third-order valence-corrected chi connectivity index (χ3v) is 6.99. The van der Waals surface area contributed by atoms with Crippen molar-refractivity contribution in [1.29, 1.82) is 0 Å². The molecule has 1 aliphatic rings. The topological polar surface area (TPSA) is 100 Å². The molecule has 0 unspecified atom stereocenters. The number of hydrogen-bond donors (Lipinski definition) is 2. The molecule has 2 rings (SSSR count). The van der Waals surface area contributed by atoms with Crippen LogP contribution in [0.15, 0.2) is 29.3 Å². The molecule has 1 fully saturated rings. The molecule has 156 valence electrons. The summed E-state index contributed by atoms with van der Waals surface area (Å²) in [6, 6.07) is 7.18. The smallest absolute Gasteiger partial charge is 0.221 e. The minimum absolute atomic E-state index is 0.122. The number of carbonyl (C=O) groups excluding carboxylic acids is 1. The van der Waals surface area contributed by atoms with Crippen molar-refractivity contribution in [2.75, 3.05) is 43.9 Å². The molecular formula is C19H30N4O4S. The van der Waals surface area contributed by atoms with E-state index in [1.165, 1.54) is 6.92 Å². The Labute approximate surface area is 167 Å². The van der Waals surface area contributed by atoms with Crippen LogP contribution in [0.2, 0.25) is 0 Å². The summed E-state index contributed by atoms with van der Waals surface area (Å²) >= 11 is 0. The number of anilines is 1. The predicted molar refractivity (Wildman–Crippen MR) is 112 cm³/mol. The Balaban J connectivity index is 1.96. The van der Waals surface area contributed by atoms with E-state index >= 15 is 0 Å². The van der Waals surface area contributed by atoms with Crippen LogP contribution in [0.1, 0.15) is 27.7 Å². The zero-order valence-corrected chi connectivity index (χ0v) is 17.8. The van der Waals surface area contributed by atoms with Crippen LogP contribution in [0, 0.1) is 0 Å². The average molecular weight is 411 g/mol. The van der Waals surface area contributed by atoms with Gasteiger partial charge in [0.15, 0.2) is 15.8 Å². The lowest BCUT2D eigenvalue weighted by molar-refractivity contribution is -0.114. The summed E-state index contributed by atoms with van der Waals surface area (Å²) in [6.07, 6.45) is 0. The predicted octanol–water partition coefficient (Wildman–Crippen LogP) is 1.50. The second-order valence-corrected chi connectivity index (χ2v) is 10.0. The highest BCUT2D eigenvalue weighted by Gasteiger charge is 2.40. The van der Waals surface area contributed by atoms with Gasteiger partial charge in [-0.2, -0.15) is 0 Å².